The van der Waals surface area contributed by atoms with Gasteiger partial charge in [-0.1, -0.05) is 6.42 Å². The fourth-order valence-corrected chi connectivity index (χ4v) is 1.71. The Labute approximate surface area is 95.5 Å². The standard InChI is InChI=1S/C12H17N3O/c1-13-11-6-5-10(8-14-11)12(16)15-7-9-3-2-4-9/h5-6,8-9H,2-4,7H2,1H3,(H,13,14)(H,15,16). The highest BCUT2D eigenvalue weighted by atomic mass is 16.1. The average molecular weight is 219 g/mol. The molecule has 0 atom stereocenters. The summed E-state index contributed by atoms with van der Waals surface area (Å²) >= 11 is 0. The Morgan fingerprint density at radius 2 is 2.31 bits per heavy atom. The number of aromatic nitrogens is 1. The summed E-state index contributed by atoms with van der Waals surface area (Å²) in [6, 6.07) is 3.59. The van der Waals surface area contributed by atoms with E-state index in [1.807, 2.05) is 0 Å². The van der Waals surface area contributed by atoms with E-state index in [1.54, 1.807) is 25.4 Å². The maximum Gasteiger partial charge on any atom is 0.252 e. The van der Waals surface area contributed by atoms with E-state index in [9.17, 15) is 4.79 Å². The SMILES string of the molecule is CNc1ccc(C(=O)NCC2CCC2)cn1. The van der Waals surface area contributed by atoms with Gasteiger partial charge in [-0.3, -0.25) is 4.79 Å². The molecule has 0 radical (unpaired) electrons. The third-order valence-electron chi connectivity index (χ3n) is 3.06. The number of carbonyl (C=O) groups excluding carboxylic acids is 1. The molecule has 0 bridgehead atoms. The smallest absolute Gasteiger partial charge is 0.252 e. The van der Waals surface area contributed by atoms with Crippen LogP contribution >= 0.6 is 0 Å². The van der Waals surface area contributed by atoms with E-state index in [0.717, 1.165) is 12.4 Å². The Hall–Kier alpha value is -1.58. The molecule has 0 aliphatic heterocycles. The molecule has 1 amide bonds. The normalized spacial score (nSPS) is 15.3. The number of anilines is 1. The quantitative estimate of drug-likeness (QED) is 0.809. The minimum Gasteiger partial charge on any atom is -0.373 e. The van der Waals surface area contributed by atoms with Crippen molar-refractivity contribution in [2.75, 3.05) is 18.9 Å². The minimum atomic E-state index is -0.0259. The molecule has 1 fully saturated rings. The van der Waals surface area contributed by atoms with Gasteiger partial charge in [0.15, 0.2) is 0 Å². The molecule has 4 nitrogen and oxygen atoms in total. The molecule has 1 aliphatic carbocycles. The summed E-state index contributed by atoms with van der Waals surface area (Å²) in [4.78, 5) is 15.8. The third-order valence-corrected chi connectivity index (χ3v) is 3.06. The summed E-state index contributed by atoms with van der Waals surface area (Å²) in [5.74, 6) is 1.44. The lowest BCUT2D eigenvalue weighted by Gasteiger charge is -2.25. The third kappa shape index (κ3) is 2.51. The van der Waals surface area contributed by atoms with Gasteiger partial charge in [0.1, 0.15) is 5.82 Å². The number of hydrogen-bond acceptors (Lipinski definition) is 3. The lowest BCUT2D eigenvalue weighted by atomic mass is 9.85. The van der Waals surface area contributed by atoms with E-state index in [2.05, 4.69) is 15.6 Å². The van der Waals surface area contributed by atoms with Crippen molar-refractivity contribution in [2.45, 2.75) is 19.3 Å². The molecule has 1 aromatic rings. The van der Waals surface area contributed by atoms with Crippen LogP contribution in [0.1, 0.15) is 29.6 Å². The van der Waals surface area contributed by atoms with Crippen LogP contribution in [-0.2, 0) is 0 Å². The van der Waals surface area contributed by atoms with Crippen LogP contribution in [-0.4, -0.2) is 24.5 Å². The van der Waals surface area contributed by atoms with Crippen LogP contribution < -0.4 is 10.6 Å². The summed E-state index contributed by atoms with van der Waals surface area (Å²) in [5, 5.41) is 5.86. The van der Waals surface area contributed by atoms with Crippen molar-refractivity contribution in [3.05, 3.63) is 23.9 Å². The lowest BCUT2D eigenvalue weighted by Crippen LogP contribution is -2.32. The molecule has 1 heterocycles. The molecular weight excluding hydrogens is 202 g/mol. The Bertz CT molecular complexity index is 357. The van der Waals surface area contributed by atoms with Crippen LogP contribution in [0.25, 0.3) is 0 Å². The number of nitrogens with one attached hydrogen (secondary N) is 2. The van der Waals surface area contributed by atoms with Crippen LogP contribution in [0, 0.1) is 5.92 Å². The molecule has 4 heteroatoms. The molecule has 1 saturated carbocycles. The number of rotatable bonds is 4. The van der Waals surface area contributed by atoms with Crippen molar-refractivity contribution in [1.29, 1.82) is 0 Å². The number of amides is 1. The van der Waals surface area contributed by atoms with Gasteiger partial charge >= 0.3 is 0 Å². The van der Waals surface area contributed by atoms with Gasteiger partial charge in [-0.05, 0) is 30.9 Å². The molecule has 86 valence electrons. The lowest BCUT2D eigenvalue weighted by molar-refractivity contribution is 0.0939. The fourth-order valence-electron chi connectivity index (χ4n) is 1.71. The first-order valence-electron chi connectivity index (χ1n) is 5.71. The van der Waals surface area contributed by atoms with Gasteiger partial charge < -0.3 is 10.6 Å². The predicted octanol–water partition coefficient (Wildman–Crippen LogP) is 1.65. The van der Waals surface area contributed by atoms with Gasteiger partial charge in [-0.2, -0.15) is 0 Å². The summed E-state index contributed by atoms with van der Waals surface area (Å²) in [7, 11) is 1.80. The van der Waals surface area contributed by atoms with Crippen molar-refractivity contribution in [2.24, 2.45) is 5.92 Å². The minimum absolute atomic E-state index is 0.0259. The van der Waals surface area contributed by atoms with Crippen molar-refractivity contribution >= 4 is 11.7 Å². The second-order valence-electron chi connectivity index (χ2n) is 4.19. The molecule has 1 aromatic heterocycles. The summed E-state index contributed by atoms with van der Waals surface area (Å²) in [6.45, 7) is 0.798. The molecule has 0 aromatic carbocycles. The summed E-state index contributed by atoms with van der Waals surface area (Å²) < 4.78 is 0. The van der Waals surface area contributed by atoms with Crippen LogP contribution in [0.15, 0.2) is 18.3 Å². The van der Waals surface area contributed by atoms with E-state index in [4.69, 9.17) is 0 Å². The highest BCUT2D eigenvalue weighted by Crippen LogP contribution is 2.25. The van der Waals surface area contributed by atoms with Crippen molar-refractivity contribution < 1.29 is 4.79 Å². The van der Waals surface area contributed by atoms with Crippen molar-refractivity contribution in [3.8, 4) is 0 Å². The molecule has 2 rings (SSSR count). The summed E-state index contributed by atoms with van der Waals surface area (Å²) in [5.41, 5.74) is 0.623. The topological polar surface area (TPSA) is 54.0 Å². The van der Waals surface area contributed by atoms with Gasteiger partial charge in [-0.15, -0.1) is 0 Å². The Morgan fingerprint density at radius 3 is 2.81 bits per heavy atom. The molecule has 2 N–H and O–H groups in total. The zero-order valence-electron chi connectivity index (χ0n) is 9.49. The Morgan fingerprint density at radius 1 is 1.50 bits per heavy atom. The van der Waals surface area contributed by atoms with Gasteiger partial charge in [0.05, 0.1) is 5.56 Å². The maximum atomic E-state index is 11.7. The fraction of sp³-hybridized carbons (Fsp3) is 0.500. The first-order valence-corrected chi connectivity index (χ1v) is 5.71. The molecule has 0 unspecified atom stereocenters. The zero-order valence-corrected chi connectivity index (χ0v) is 9.49. The number of pyridine rings is 1. The van der Waals surface area contributed by atoms with E-state index in [-0.39, 0.29) is 5.91 Å². The average Bonchev–Trinajstić information content (AvgIpc) is 2.27. The highest BCUT2D eigenvalue weighted by Gasteiger charge is 2.18. The van der Waals surface area contributed by atoms with Crippen LogP contribution in [0.3, 0.4) is 0 Å². The number of hydrogen-bond donors (Lipinski definition) is 2. The molecule has 0 spiro atoms. The molecule has 0 saturated heterocycles. The second-order valence-corrected chi connectivity index (χ2v) is 4.19. The largest absolute Gasteiger partial charge is 0.373 e. The highest BCUT2D eigenvalue weighted by molar-refractivity contribution is 5.94. The molecule has 1 aliphatic rings. The maximum absolute atomic E-state index is 11.7. The van der Waals surface area contributed by atoms with E-state index in [0.29, 0.717) is 11.5 Å². The molecule has 16 heavy (non-hydrogen) atoms. The first-order chi connectivity index (χ1) is 7.79. The van der Waals surface area contributed by atoms with E-state index in [1.165, 1.54) is 19.3 Å². The monoisotopic (exact) mass is 219 g/mol. The van der Waals surface area contributed by atoms with Crippen LogP contribution in [0.4, 0.5) is 5.82 Å². The second kappa shape index (κ2) is 4.96. The zero-order chi connectivity index (χ0) is 11.4. The predicted molar refractivity (Wildman–Crippen MR) is 63.5 cm³/mol. The van der Waals surface area contributed by atoms with Gasteiger partial charge in [-0.25, -0.2) is 4.98 Å². The van der Waals surface area contributed by atoms with Crippen molar-refractivity contribution in [1.82, 2.24) is 10.3 Å². The Kier molecular flexibility index (Phi) is 3.39. The van der Waals surface area contributed by atoms with Gasteiger partial charge in [0, 0.05) is 19.8 Å². The van der Waals surface area contributed by atoms with Gasteiger partial charge in [0.25, 0.3) is 5.91 Å². The number of carbonyl (C=O) groups is 1. The van der Waals surface area contributed by atoms with Crippen LogP contribution in [0.2, 0.25) is 0 Å². The summed E-state index contributed by atoms with van der Waals surface area (Å²) in [6.07, 6.45) is 5.40. The van der Waals surface area contributed by atoms with E-state index >= 15 is 0 Å². The van der Waals surface area contributed by atoms with Crippen LogP contribution in [0.5, 0.6) is 0 Å². The van der Waals surface area contributed by atoms with Crippen molar-refractivity contribution in [3.63, 3.8) is 0 Å². The Balaban J connectivity index is 1.86. The van der Waals surface area contributed by atoms with E-state index < -0.39 is 0 Å². The number of nitrogens with zero attached hydrogens (tertiary/aromatic N) is 1. The van der Waals surface area contributed by atoms with Gasteiger partial charge in [0.2, 0.25) is 0 Å². The first kappa shape index (κ1) is 10.9. The molecular formula is C12H17N3O.